The van der Waals surface area contributed by atoms with Gasteiger partial charge in [0.15, 0.2) is 0 Å². The molecule has 0 spiro atoms. The molecule has 0 saturated carbocycles. The maximum Gasteiger partial charge on any atom is 0.306 e. The molecule has 3 heteroatoms. The van der Waals surface area contributed by atoms with Crippen LogP contribution in [0.3, 0.4) is 0 Å². The predicted molar refractivity (Wildman–Crippen MR) is 53.8 cm³/mol. The highest BCUT2D eigenvalue weighted by Crippen LogP contribution is 2.22. The number of carbonyl (C=O) groups is 1. The summed E-state index contributed by atoms with van der Waals surface area (Å²) in [7, 11) is 0. The van der Waals surface area contributed by atoms with E-state index in [-0.39, 0.29) is 12.1 Å². The Morgan fingerprint density at radius 3 is 3.14 bits per heavy atom. The van der Waals surface area contributed by atoms with Crippen LogP contribution in [0.4, 0.5) is 0 Å². The summed E-state index contributed by atoms with van der Waals surface area (Å²) in [5.41, 5.74) is 1.00. The van der Waals surface area contributed by atoms with Gasteiger partial charge in [0.1, 0.15) is 0 Å². The highest BCUT2D eigenvalue weighted by Gasteiger charge is 2.15. The number of carbonyl (C=O) groups excluding carboxylic acids is 1. The predicted octanol–water partition coefficient (Wildman–Crippen LogP) is 1.80. The van der Waals surface area contributed by atoms with Crippen molar-refractivity contribution in [2.24, 2.45) is 0 Å². The third-order valence-electron chi connectivity index (χ3n) is 2.44. The number of rotatable bonds is 4. The molecule has 80 valence electrons. The number of aliphatic hydroxyl groups excluding tert-OH is 1. The molecule has 0 aromatic rings. The monoisotopic (exact) mass is 198 g/mol. The lowest BCUT2D eigenvalue weighted by Crippen LogP contribution is -2.15. The lowest BCUT2D eigenvalue weighted by molar-refractivity contribution is -0.143. The van der Waals surface area contributed by atoms with E-state index < -0.39 is 0 Å². The van der Waals surface area contributed by atoms with Gasteiger partial charge in [-0.05, 0) is 38.2 Å². The van der Waals surface area contributed by atoms with E-state index in [1.54, 1.807) is 6.92 Å². The summed E-state index contributed by atoms with van der Waals surface area (Å²) in [4.78, 5) is 11.1. The SMILES string of the molecule is CCOC(=O)CCC1=CCCC[C@@H]1O. The van der Waals surface area contributed by atoms with E-state index >= 15 is 0 Å². The first-order valence-corrected chi connectivity index (χ1v) is 5.26. The second-order valence-corrected chi connectivity index (χ2v) is 3.53. The van der Waals surface area contributed by atoms with Crippen molar-refractivity contribution in [3.63, 3.8) is 0 Å². The number of esters is 1. The summed E-state index contributed by atoms with van der Waals surface area (Å²) in [6.45, 7) is 2.23. The van der Waals surface area contributed by atoms with Crippen LogP contribution in [0, 0.1) is 0 Å². The van der Waals surface area contributed by atoms with E-state index in [4.69, 9.17) is 4.74 Å². The Balaban J connectivity index is 2.29. The minimum atomic E-state index is -0.335. The molecule has 0 aromatic heterocycles. The third kappa shape index (κ3) is 3.50. The molecule has 0 bridgehead atoms. The van der Waals surface area contributed by atoms with Crippen LogP contribution in [0.15, 0.2) is 11.6 Å². The topological polar surface area (TPSA) is 46.5 Å². The van der Waals surface area contributed by atoms with Crippen LogP contribution < -0.4 is 0 Å². The van der Waals surface area contributed by atoms with E-state index in [9.17, 15) is 9.90 Å². The van der Waals surface area contributed by atoms with Crippen LogP contribution in [-0.4, -0.2) is 23.8 Å². The largest absolute Gasteiger partial charge is 0.466 e. The van der Waals surface area contributed by atoms with E-state index in [1.807, 2.05) is 6.08 Å². The number of ether oxygens (including phenoxy) is 1. The van der Waals surface area contributed by atoms with Crippen molar-refractivity contribution in [2.45, 2.75) is 45.1 Å². The summed E-state index contributed by atoms with van der Waals surface area (Å²) in [6.07, 6.45) is 5.64. The second-order valence-electron chi connectivity index (χ2n) is 3.53. The molecule has 0 radical (unpaired) electrons. The summed E-state index contributed by atoms with van der Waals surface area (Å²) in [6, 6.07) is 0. The lowest BCUT2D eigenvalue weighted by atomic mass is 9.93. The molecule has 0 aliphatic heterocycles. The smallest absolute Gasteiger partial charge is 0.306 e. The first-order valence-electron chi connectivity index (χ1n) is 5.26. The van der Waals surface area contributed by atoms with E-state index in [2.05, 4.69) is 0 Å². The molecule has 1 aliphatic rings. The molecular weight excluding hydrogens is 180 g/mol. The van der Waals surface area contributed by atoms with Crippen molar-refractivity contribution in [1.82, 2.24) is 0 Å². The summed E-state index contributed by atoms with van der Waals surface area (Å²) in [5, 5.41) is 9.59. The number of hydrogen-bond acceptors (Lipinski definition) is 3. The fourth-order valence-corrected chi connectivity index (χ4v) is 1.67. The Morgan fingerprint density at radius 2 is 2.50 bits per heavy atom. The molecule has 3 nitrogen and oxygen atoms in total. The van der Waals surface area contributed by atoms with Gasteiger partial charge in [-0.2, -0.15) is 0 Å². The molecular formula is C11H18O3. The van der Waals surface area contributed by atoms with Gasteiger partial charge in [0.25, 0.3) is 0 Å². The summed E-state index contributed by atoms with van der Waals surface area (Å²) >= 11 is 0. The summed E-state index contributed by atoms with van der Waals surface area (Å²) < 4.78 is 4.82. The van der Waals surface area contributed by atoms with Crippen molar-refractivity contribution in [3.05, 3.63) is 11.6 Å². The van der Waals surface area contributed by atoms with Crippen LogP contribution in [0.1, 0.15) is 39.0 Å². The maximum atomic E-state index is 11.1. The molecule has 1 N–H and O–H groups in total. The Kier molecular flexibility index (Phi) is 4.66. The number of aliphatic hydroxyl groups is 1. The molecule has 0 aromatic carbocycles. The quantitative estimate of drug-likeness (QED) is 0.553. The third-order valence-corrected chi connectivity index (χ3v) is 2.44. The van der Waals surface area contributed by atoms with Gasteiger partial charge in [-0.25, -0.2) is 0 Å². The lowest BCUT2D eigenvalue weighted by Gasteiger charge is -2.18. The van der Waals surface area contributed by atoms with Gasteiger partial charge < -0.3 is 9.84 Å². The molecule has 1 aliphatic carbocycles. The van der Waals surface area contributed by atoms with Gasteiger partial charge in [0.05, 0.1) is 12.7 Å². The Hall–Kier alpha value is -0.830. The average Bonchev–Trinajstić information content (AvgIpc) is 2.17. The van der Waals surface area contributed by atoms with Crippen molar-refractivity contribution in [3.8, 4) is 0 Å². The van der Waals surface area contributed by atoms with Crippen LogP contribution in [0.25, 0.3) is 0 Å². The van der Waals surface area contributed by atoms with Crippen LogP contribution in [0.5, 0.6) is 0 Å². The highest BCUT2D eigenvalue weighted by atomic mass is 16.5. The fraction of sp³-hybridized carbons (Fsp3) is 0.727. The van der Waals surface area contributed by atoms with Gasteiger partial charge in [-0.3, -0.25) is 4.79 Å². The highest BCUT2D eigenvalue weighted by molar-refractivity contribution is 5.69. The van der Waals surface area contributed by atoms with Gasteiger partial charge in [0.2, 0.25) is 0 Å². The Labute approximate surface area is 84.8 Å². The van der Waals surface area contributed by atoms with Gasteiger partial charge in [-0.15, -0.1) is 0 Å². The molecule has 0 heterocycles. The van der Waals surface area contributed by atoms with Gasteiger partial charge in [0, 0.05) is 6.42 Å². The number of allylic oxidation sites excluding steroid dienone is 1. The van der Waals surface area contributed by atoms with Crippen molar-refractivity contribution < 1.29 is 14.6 Å². The molecule has 1 rings (SSSR count). The molecule has 14 heavy (non-hydrogen) atoms. The first-order chi connectivity index (χ1) is 6.74. The maximum absolute atomic E-state index is 11.1. The normalized spacial score (nSPS) is 21.6. The average molecular weight is 198 g/mol. The zero-order valence-electron chi connectivity index (χ0n) is 8.66. The second kappa shape index (κ2) is 5.81. The minimum absolute atomic E-state index is 0.175. The van der Waals surface area contributed by atoms with E-state index in [0.717, 1.165) is 24.8 Å². The molecule has 1 atom stereocenters. The molecule has 0 fully saturated rings. The standard InChI is InChI=1S/C11H18O3/c1-2-14-11(13)8-7-9-5-3-4-6-10(9)12/h5,10,12H,2-4,6-8H2,1H3/t10-/m0/s1. The first kappa shape index (κ1) is 11.2. The van der Waals surface area contributed by atoms with Gasteiger partial charge >= 0.3 is 5.97 Å². The van der Waals surface area contributed by atoms with Crippen LogP contribution in [-0.2, 0) is 9.53 Å². The zero-order valence-corrected chi connectivity index (χ0v) is 8.66. The van der Waals surface area contributed by atoms with Crippen molar-refractivity contribution in [1.29, 1.82) is 0 Å². The Bertz CT molecular complexity index is 221. The minimum Gasteiger partial charge on any atom is -0.466 e. The van der Waals surface area contributed by atoms with Crippen LogP contribution in [0.2, 0.25) is 0 Å². The fourth-order valence-electron chi connectivity index (χ4n) is 1.67. The Morgan fingerprint density at radius 1 is 1.71 bits per heavy atom. The van der Waals surface area contributed by atoms with Crippen molar-refractivity contribution in [2.75, 3.05) is 6.61 Å². The zero-order chi connectivity index (χ0) is 10.4. The number of hydrogen-bond donors (Lipinski definition) is 1. The van der Waals surface area contributed by atoms with Gasteiger partial charge in [-0.1, -0.05) is 6.08 Å². The van der Waals surface area contributed by atoms with Crippen LogP contribution >= 0.6 is 0 Å². The van der Waals surface area contributed by atoms with E-state index in [1.165, 1.54) is 0 Å². The van der Waals surface area contributed by atoms with E-state index in [0.29, 0.717) is 19.4 Å². The molecule has 0 amide bonds. The van der Waals surface area contributed by atoms with Crippen molar-refractivity contribution >= 4 is 5.97 Å². The molecule has 0 saturated heterocycles. The summed E-state index contributed by atoms with van der Waals surface area (Å²) in [5.74, 6) is -0.175. The molecule has 0 unspecified atom stereocenters.